The second kappa shape index (κ2) is 7.21. The third-order valence-corrected chi connectivity index (χ3v) is 5.67. The first-order valence-electron chi connectivity index (χ1n) is 8.94. The van der Waals surface area contributed by atoms with Crippen LogP contribution in [0.5, 0.6) is 0 Å². The van der Waals surface area contributed by atoms with Gasteiger partial charge in [0.25, 0.3) is 5.91 Å². The monoisotopic (exact) mass is 382 g/mol. The molecule has 0 saturated carbocycles. The molecule has 2 aromatic heterocycles. The lowest BCUT2D eigenvalue weighted by atomic mass is 10.2. The number of nitrogens with zero attached hydrogens (tertiary/aromatic N) is 5. The molecule has 3 heterocycles. The maximum Gasteiger partial charge on any atom is 0.255 e. The molecule has 27 heavy (non-hydrogen) atoms. The van der Waals surface area contributed by atoms with Gasteiger partial charge >= 0.3 is 0 Å². The van der Waals surface area contributed by atoms with Gasteiger partial charge in [-0.15, -0.1) is 11.3 Å². The number of hydrogen-bond donors (Lipinski definition) is 1. The molecule has 140 valence electrons. The lowest BCUT2D eigenvalue weighted by molar-refractivity contribution is 0.102. The lowest BCUT2D eigenvalue weighted by Gasteiger charge is -2.32. The number of aromatic nitrogens is 3. The van der Waals surface area contributed by atoms with Crippen LogP contribution < -0.4 is 10.2 Å². The number of carbonyl (C=O) groups excluding carboxylic acids is 1. The van der Waals surface area contributed by atoms with Crippen molar-refractivity contribution in [3.05, 3.63) is 40.7 Å². The topological polar surface area (TPSA) is 74.2 Å². The fourth-order valence-corrected chi connectivity index (χ4v) is 3.93. The maximum atomic E-state index is 12.7. The molecule has 3 aromatic rings. The van der Waals surface area contributed by atoms with Gasteiger partial charge in [-0.2, -0.15) is 0 Å². The first kappa shape index (κ1) is 17.8. The number of benzene rings is 1. The molecule has 0 radical (unpaired) electrons. The summed E-state index contributed by atoms with van der Waals surface area (Å²) >= 11 is 1.52. The number of fused-ring (bicyclic) bond motifs is 1. The van der Waals surface area contributed by atoms with E-state index in [-0.39, 0.29) is 5.91 Å². The zero-order chi connectivity index (χ0) is 19.0. The van der Waals surface area contributed by atoms with Crippen LogP contribution in [0.15, 0.2) is 23.7 Å². The molecular weight excluding hydrogens is 360 g/mol. The van der Waals surface area contributed by atoms with Crippen LogP contribution >= 0.6 is 11.3 Å². The summed E-state index contributed by atoms with van der Waals surface area (Å²) in [5.41, 5.74) is 5.54. The molecule has 1 aromatic carbocycles. The molecule has 1 fully saturated rings. The summed E-state index contributed by atoms with van der Waals surface area (Å²) in [5, 5.41) is 2.98. The Kier molecular flexibility index (Phi) is 4.75. The van der Waals surface area contributed by atoms with Gasteiger partial charge in [0.15, 0.2) is 0 Å². The van der Waals surface area contributed by atoms with Crippen LogP contribution in [0.4, 0.5) is 11.6 Å². The standard InChI is InChI=1S/C19H22N6OS/c1-12-17(13(2)22-19(21-12)25-8-6-24(3)7-9-25)23-18(26)14-4-5-15-16(10-14)27-11-20-15/h4-5,10-11H,6-9H2,1-3H3,(H,23,26). The summed E-state index contributed by atoms with van der Waals surface area (Å²) in [6.45, 7) is 7.65. The van der Waals surface area contributed by atoms with Crippen LogP contribution in [0, 0.1) is 13.8 Å². The highest BCUT2D eigenvalue weighted by molar-refractivity contribution is 7.16. The number of piperazine rings is 1. The molecule has 1 saturated heterocycles. The van der Waals surface area contributed by atoms with E-state index in [1.807, 2.05) is 26.0 Å². The summed E-state index contributed by atoms with van der Waals surface area (Å²) in [7, 11) is 2.12. The zero-order valence-electron chi connectivity index (χ0n) is 15.7. The highest BCUT2D eigenvalue weighted by Crippen LogP contribution is 2.23. The first-order chi connectivity index (χ1) is 13.0. The van der Waals surface area contributed by atoms with Gasteiger partial charge < -0.3 is 15.1 Å². The van der Waals surface area contributed by atoms with Crippen LogP contribution in [0.25, 0.3) is 10.2 Å². The smallest absolute Gasteiger partial charge is 0.255 e. The van der Waals surface area contributed by atoms with Gasteiger partial charge in [-0.05, 0) is 39.1 Å². The van der Waals surface area contributed by atoms with E-state index in [0.717, 1.165) is 53.7 Å². The maximum absolute atomic E-state index is 12.7. The van der Waals surface area contributed by atoms with E-state index in [4.69, 9.17) is 0 Å². The first-order valence-corrected chi connectivity index (χ1v) is 9.82. The van der Waals surface area contributed by atoms with Gasteiger partial charge in [-0.1, -0.05) is 0 Å². The third kappa shape index (κ3) is 3.63. The molecule has 1 aliphatic heterocycles. The number of thiazole rings is 1. The van der Waals surface area contributed by atoms with Crippen molar-refractivity contribution in [1.29, 1.82) is 0 Å². The van der Waals surface area contributed by atoms with Crippen LogP contribution in [-0.4, -0.2) is 59.0 Å². The molecule has 0 atom stereocenters. The Morgan fingerprint density at radius 2 is 1.81 bits per heavy atom. The average molecular weight is 382 g/mol. The minimum atomic E-state index is -0.160. The number of likely N-dealkylation sites (N-methyl/N-ethyl adjacent to an activating group) is 1. The molecule has 1 N–H and O–H groups in total. The molecule has 4 rings (SSSR count). The molecule has 1 aliphatic rings. The van der Waals surface area contributed by atoms with Crippen molar-refractivity contribution in [2.45, 2.75) is 13.8 Å². The second-order valence-corrected chi connectivity index (χ2v) is 7.74. The normalized spacial score (nSPS) is 15.3. The van der Waals surface area contributed by atoms with E-state index in [0.29, 0.717) is 11.3 Å². The average Bonchev–Trinajstić information content (AvgIpc) is 3.12. The van der Waals surface area contributed by atoms with Crippen LogP contribution in [0.3, 0.4) is 0 Å². The fraction of sp³-hybridized carbons (Fsp3) is 0.368. The Morgan fingerprint density at radius 1 is 1.11 bits per heavy atom. The van der Waals surface area contributed by atoms with Gasteiger partial charge in [0.05, 0.1) is 32.8 Å². The lowest BCUT2D eigenvalue weighted by Crippen LogP contribution is -2.45. The largest absolute Gasteiger partial charge is 0.338 e. The molecule has 7 nitrogen and oxygen atoms in total. The van der Waals surface area contributed by atoms with Crippen molar-refractivity contribution in [3.8, 4) is 0 Å². The molecule has 0 spiro atoms. The van der Waals surface area contributed by atoms with Crippen LogP contribution in [0.2, 0.25) is 0 Å². The number of nitrogens with one attached hydrogen (secondary N) is 1. The summed E-state index contributed by atoms with van der Waals surface area (Å²) in [4.78, 5) is 30.7. The van der Waals surface area contributed by atoms with Crippen molar-refractivity contribution in [3.63, 3.8) is 0 Å². The van der Waals surface area contributed by atoms with E-state index in [2.05, 4.69) is 37.1 Å². The summed E-state index contributed by atoms with van der Waals surface area (Å²) in [6, 6.07) is 5.53. The van der Waals surface area contributed by atoms with Gasteiger partial charge in [0.2, 0.25) is 5.95 Å². The van der Waals surface area contributed by atoms with Crippen molar-refractivity contribution >= 4 is 39.1 Å². The Hall–Kier alpha value is -2.58. The van der Waals surface area contributed by atoms with Crippen molar-refractivity contribution < 1.29 is 4.79 Å². The Bertz CT molecular complexity index is 970. The van der Waals surface area contributed by atoms with E-state index in [1.54, 1.807) is 11.6 Å². The predicted octanol–water partition coefficient (Wildman–Crippen LogP) is 2.71. The van der Waals surface area contributed by atoms with Gasteiger partial charge in [-0.25, -0.2) is 15.0 Å². The molecule has 8 heteroatoms. The predicted molar refractivity (Wildman–Crippen MR) is 109 cm³/mol. The Morgan fingerprint density at radius 3 is 2.52 bits per heavy atom. The molecule has 0 bridgehead atoms. The van der Waals surface area contributed by atoms with Gasteiger partial charge in [0.1, 0.15) is 0 Å². The van der Waals surface area contributed by atoms with E-state index < -0.39 is 0 Å². The van der Waals surface area contributed by atoms with E-state index >= 15 is 0 Å². The Balaban J connectivity index is 1.55. The number of carbonyl (C=O) groups is 1. The highest BCUT2D eigenvalue weighted by atomic mass is 32.1. The van der Waals surface area contributed by atoms with Crippen molar-refractivity contribution in [2.75, 3.05) is 43.4 Å². The minimum absolute atomic E-state index is 0.160. The van der Waals surface area contributed by atoms with Gasteiger partial charge in [-0.3, -0.25) is 4.79 Å². The third-order valence-electron chi connectivity index (χ3n) is 4.88. The number of anilines is 2. The molecular formula is C19H22N6OS. The number of amides is 1. The second-order valence-electron chi connectivity index (χ2n) is 6.85. The van der Waals surface area contributed by atoms with E-state index in [1.165, 1.54) is 11.3 Å². The fourth-order valence-electron chi connectivity index (χ4n) is 3.21. The highest BCUT2D eigenvalue weighted by Gasteiger charge is 2.19. The summed E-state index contributed by atoms with van der Waals surface area (Å²) < 4.78 is 0.998. The van der Waals surface area contributed by atoms with Crippen LogP contribution in [-0.2, 0) is 0 Å². The minimum Gasteiger partial charge on any atom is -0.338 e. The van der Waals surface area contributed by atoms with Crippen LogP contribution in [0.1, 0.15) is 21.7 Å². The zero-order valence-corrected chi connectivity index (χ0v) is 16.5. The van der Waals surface area contributed by atoms with Crippen molar-refractivity contribution in [2.24, 2.45) is 0 Å². The summed E-state index contributed by atoms with van der Waals surface area (Å²) in [6.07, 6.45) is 0. The summed E-state index contributed by atoms with van der Waals surface area (Å²) in [5.74, 6) is 0.578. The van der Waals surface area contributed by atoms with E-state index in [9.17, 15) is 4.79 Å². The SMILES string of the molecule is Cc1nc(N2CCN(C)CC2)nc(C)c1NC(=O)c1ccc2ncsc2c1. The number of hydrogen-bond acceptors (Lipinski definition) is 7. The quantitative estimate of drug-likeness (QED) is 0.751. The Labute approximate surface area is 162 Å². The van der Waals surface area contributed by atoms with Gasteiger partial charge in [0, 0.05) is 31.7 Å². The molecule has 0 unspecified atom stereocenters. The number of rotatable bonds is 3. The number of aryl methyl sites for hydroxylation is 2. The molecule has 0 aliphatic carbocycles. The van der Waals surface area contributed by atoms with Crippen molar-refractivity contribution in [1.82, 2.24) is 19.9 Å². The molecule has 1 amide bonds.